The van der Waals surface area contributed by atoms with Crippen molar-refractivity contribution in [3.63, 3.8) is 0 Å². The second-order valence-corrected chi connectivity index (χ2v) is 5.63. The number of nitrogens with zero attached hydrogens (tertiary/aromatic N) is 2. The number of aromatic nitrogens is 2. The third-order valence-electron chi connectivity index (χ3n) is 4.41. The molecular formula is C14H23N3. The Balaban J connectivity index is 1.67. The van der Waals surface area contributed by atoms with Crippen LogP contribution in [-0.2, 0) is 6.54 Å². The Morgan fingerprint density at radius 2 is 2.29 bits per heavy atom. The first-order valence-electron chi connectivity index (χ1n) is 7.15. The molecule has 1 N–H and O–H groups in total. The van der Waals surface area contributed by atoms with Crippen molar-refractivity contribution in [2.24, 2.45) is 5.92 Å². The van der Waals surface area contributed by atoms with Crippen molar-refractivity contribution in [2.75, 3.05) is 0 Å². The van der Waals surface area contributed by atoms with Gasteiger partial charge in [-0.15, -0.1) is 0 Å². The van der Waals surface area contributed by atoms with Gasteiger partial charge in [0.25, 0.3) is 0 Å². The van der Waals surface area contributed by atoms with Crippen LogP contribution in [0.4, 0.5) is 0 Å². The van der Waals surface area contributed by atoms with Crippen LogP contribution in [0.25, 0.3) is 0 Å². The van der Waals surface area contributed by atoms with Gasteiger partial charge in [0.05, 0.1) is 6.20 Å². The number of hydrogen-bond donors (Lipinski definition) is 1. The van der Waals surface area contributed by atoms with Crippen LogP contribution >= 0.6 is 0 Å². The third kappa shape index (κ3) is 2.25. The highest BCUT2D eigenvalue weighted by atomic mass is 15.3. The summed E-state index contributed by atoms with van der Waals surface area (Å²) in [7, 11) is 0. The SMILES string of the molecule is CCCn1cc(C2CCC3CCCC3N2)cn1. The molecule has 2 heterocycles. The largest absolute Gasteiger partial charge is 0.307 e. The number of rotatable bonds is 3. The molecule has 3 heteroatoms. The van der Waals surface area contributed by atoms with Crippen LogP contribution in [0.5, 0.6) is 0 Å². The van der Waals surface area contributed by atoms with Crippen molar-refractivity contribution in [3.05, 3.63) is 18.0 Å². The second kappa shape index (κ2) is 4.81. The number of hydrogen-bond acceptors (Lipinski definition) is 2. The number of aryl methyl sites for hydroxylation is 1. The van der Waals surface area contributed by atoms with E-state index in [1.807, 2.05) is 0 Å². The van der Waals surface area contributed by atoms with Gasteiger partial charge in [0.1, 0.15) is 0 Å². The zero-order valence-electron chi connectivity index (χ0n) is 10.7. The fraction of sp³-hybridized carbons (Fsp3) is 0.786. The molecule has 3 atom stereocenters. The van der Waals surface area contributed by atoms with E-state index in [1.165, 1.54) is 37.7 Å². The molecule has 2 fully saturated rings. The van der Waals surface area contributed by atoms with Crippen molar-refractivity contribution in [3.8, 4) is 0 Å². The molecule has 3 unspecified atom stereocenters. The van der Waals surface area contributed by atoms with Crippen LogP contribution < -0.4 is 5.32 Å². The maximum absolute atomic E-state index is 4.44. The molecule has 94 valence electrons. The normalized spacial score (nSPS) is 32.6. The number of piperidine rings is 1. The molecule has 3 rings (SSSR count). The van der Waals surface area contributed by atoms with E-state index in [1.54, 1.807) is 0 Å². The molecule has 1 aromatic heterocycles. The predicted octanol–water partition coefficient (Wildman–Crippen LogP) is 2.89. The Labute approximate surface area is 104 Å². The van der Waals surface area contributed by atoms with E-state index in [9.17, 15) is 0 Å². The van der Waals surface area contributed by atoms with Crippen LogP contribution in [0.1, 0.15) is 57.1 Å². The van der Waals surface area contributed by atoms with Crippen LogP contribution in [0.2, 0.25) is 0 Å². The van der Waals surface area contributed by atoms with E-state index in [-0.39, 0.29) is 0 Å². The second-order valence-electron chi connectivity index (χ2n) is 5.63. The molecule has 1 aliphatic heterocycles. The Bertz CT molecular complexity index is 371. The number of fused-ring (bicyclic) bond motifs is 1. The first-order valence-corrected chi connectivity index (χ1v) is 7.15. The van der Waals surface area contributed by atoms with Crippen molar-refractivity contribution >= 4 is 0 Å². The Hall–Kier alpha value is -0.830. The van der Waals surface area contributed by atoms with Crippen molar-refractivity contribution in [1.82, 2.24) is 15.1 Å². The average Bonchev–Trinajstić information content (AvgIpc) is 2.96. The quantitative estimate of drug-likeness (QED) is 0.870. The topological polar surface area (TPSA) is 29.9 Å². The summed E-state index contributed by atoms with van der Waals surface area (Å²) in [5, 5.41) is 8.28. The first kappa shape index (κ1) is 11.3. The van der Waals surface area contributed by atoms with E-state index in [0.29, 0.717) is 6.04 Å². The summed E-state index contributed by atoms with van der Waals surface area (Å²) >= 11 is 0. The van der Waals surface area contributed by atoms with Crippen LogP contribution in [0, 0.1) is 5.92 Å². The lowest BCUT2D eigenvalue weighted by Crippen LogP contribution is -2.40. The zero-order valence-corrected chi connectivity index (χ0v) is 10.7. The average molecular weight is 233 g/mol. The molecule has 1 saturated carbocycles. The summed E-state index contributed by atoms with van der Waals surface area (Å²) < 4.78 is 2.08. The highest BCUT2D eigenvalue weighted by molar-refractivity contribution is 5.12. The first-order chi connectivity index (χ1) is 8.36. The lowest BCUT2D eigenvalue weighted by molar-refractivity contribution is 0.261. The summed E-state index contributed by atoms with van der Waals surface area (Å²) in [5.74, 6) is 0.955. The van der Waals surface area contributed by atoms with Gasteiger partial charge in [-0.2, -0.15) is 5.10 Å². The minimum absolute atomic E-state index is 0.556. The van der Waals surface area contributed by atoms with Crippen LogP contribution in [-0.4, -0.2) is 15.8 Å². The lowest BCUT2D eigenvalue weighted by Gasteiger charge is -2.33. The molecule has 0 aromatic carbocycles. The molecule has 1 aliphatic carbocycles. The Morgan fingerprint density at radius 3 is 3.18 bits per heavy atom. The van der Waals surface area contributed by atoms with Crippen LogP contribution in [0.3, 0.4) is 0 Å². The Morgan fingerprint density at radius 1 is 1.35 bits per heavy atom. The fourth-order valence-corrected chi connectivity index (χ4v) is 3.50. The summed E-state index contributed by atoms with van der Waals surface area (Å²) in [6, 6.07) is 1.34. The van der Waals surface area contributed by atoms with E-state index in [4.69, 9.17) is 0 Å². The van der Waals surface area contributed by atoms with Gasteiger partial charge >= 0.3 is 0 Å². The smallest absolute Gasteiger partial charge is 0.0537 e. The van der Waals surface area contributed by atoms with Gasteiger partial charge < -0.3 is 5.32 Å². The highest BCUT2D eigenvalue weighted by Crippen LogP contribution is 2.37. The zero-order chi connectivity index (χ0) is 11.7. The summed E-state index contributed by atoms with van der Waals surface area (Å²) in [5.41, 5.74) is 1.39. The summed E-state index contributed by atoms with van der Waals surface area (Å²) in [6.45, 7) is 3.24. The van der Waals surface area contributed by atoms with E-state index >= 15 is 0 Å². The molecule has 0 radical (unpaired) electrons. The highest BCUT2D eigenvalue weighted by Gasteiger charge is 2.33. The molecule has 1 aromatic rings. The van der Waals surface area contributed by atoms with E-state index < -0.39 is 0 Å². The lowest BCUT2D eigenvalue weighted by atomic mass is 9.88. The van der Waals surface area contributed by atoms with Gasteiger partial charge in [0.2, 0.25) is 0 Å². The van der Waals surface area contributed by atoms with Gasteiger partial charge in [0.15, 0.2) is 0 Å². The minimum atomic E-state index is 0.556. The van der Waals surface area contributed by atoms with E-state index in [0.717, 1.165) is 24.9 Å². The van der Waals surface area contributed by atoms with Crippen molar-refractivity contribution < 1.29 is 0 Å². The minimum Gasteiger partial charge on any atom is -0.307 e. The molecule has 0 amide bonds. The molecule has 0 spiro atoms. The third-order valence-corrected chi connectivity index (χ3v) is 4.41. The van der Waals surface area contributed by atoms with Crippen molar-refractivity contribution in [2.45, 2.75) is 64.1 Å². The van der Waals surface area contributed by atoms with Gasteiger partial charge in [-0.1, -0.05) is 13.3 Å². The van der Waals surface area contributed by atoms with Crippen LogP contribution in [0.15, 0.2) is 12.4 Å². The van der Waals surface area contributed by atoms with Crippen molar-refractivity contribution in [1.29, 1.82) is 0 Å². The predicted molar refractivity (Wildman–Crippen MR) is 68.8 cm³/mol. The van der Waals surface area contributed by atoms with Gasteiger partial charge in [-0.05, 0) is 38.0 Å². The number of nitrogens with one attached hydrogen (secondary N) is 1. The Kier molecular flexibility index (Phi) is 3.19. The van der Waals surface area contributed by atoms with Gasteiger partial charge in [-0.3, -0.25) is 4.68 Å². The fourth-order valence-electron chi connectivity index (χ4n) is 3.50. The summed E-state index contributed by atoms with van der Waals surface area (Å²) in [4.78, 5) is 0. The molecular weight excluding hydrogens is 210 g/mol. The molecule has 0 bridgehead atoms. The van der Waals surface area contributed by atoms with Gasteiger partial charge in [-0.25, -0.2) is 0 Å². The maximum Gasteiger partial charge on any atom is 0.0537 e. The standard InChI is InChI=1S/C14H23N3/c1-2-8-17-10-12(9-15-17)14-7-6-11-4-3-5-13(11)16-14/h9-11,13-14,16H,2-8H2,1H3. The maximum atomic E-state index is 4.44. The summed E-state index contributed by atoms with van der Waals surface area (Å²) in [6.07, 6.45) is 12.4. The molecule has 17 heavy (non-hydrogen) atoms. The molecule has 1 saturated heterocycles. The molecule has 3 nitrogen and oxygen atoms in total. The molecule has 2 aliphatic rings. The monoisotopic (exact) mass is 233 g/mol. The van der Waals surface area contributed by atoms with Gasteiger partial charge in [0, 0.05) is 30.4 Å². The van der Waals surface area contributed by atoms with E-state index in [2.05, 4.69) is 34.4 Å².